The van der Waals surface area contributed by atoms with Crippen molar-refractivity contribution in [3.05, 3.63) is 27.9 Å². The molecule has 7 heteroatoms. The maximum Gasteiger partial charge on any atom is 0.363 e. The van der Waals surface area contributed by atoms with Crippen molar-refractivity contribution in [3.63, 3.8) is 0 Å². The Labute approximate surface area is 107 Å². The van der Waals surface area contributed by atoms with Crippen molar-refractivity contribution in [2.45, 2.75) is 37.0 Å². The van der Waals surface area contributed by atoms with Gasteiger partial charge in [-0.1, -0.05) is 0 Å². The van der Waals surface area contributed by atoms with Gasteiger partial charge < -0.3 is 14.9 Å². The second-order valence-electron chi connectivity index (χ2n) is 5.20. The normalized spacial score (nSPS) is 22.8. The van der Waals surface area contributed by atoms with Crippen LogP contribution in [0.15, 0.2) is 12.1 Å². The van der Waals surface area contributed by atoms with E-state index in [1.807, 2.05) is 0 Å². The van der Waals surface area contributed by atoms with Crippen LogP contribution in [0, 0.1) is 10.1 Å². The van der Waals surface area contributed by atoms with Gasteiger partial charge in [0, 0.05) is 18.9 Å². The van der Waals surface area contributed by atoms with Gasteiger partial charge in [-0.25, -0.2) is 8.78 Å². The van der Waals surface area contributed by atoms with E-state index in [9.17, 15) is 18.9 Å². The summed E-state index contributed by atoms with van der Waals surface area (Å²) in [6.45, 7) is 0.284. The second kappa shape index (κ2) is 3.85. The lowest BCUT2D eigenvalue weighted by Gasteiger charge is -2.33. The molecule has 3 rings (SSSR count). The molecule has 0 aromatic carbocycles. The molecule has 0 saturated heterocycles. The number of ether oxygens (including phenoxy) is 1. The van der Waals surface area contributed by atoms with Gasteiger partial charge >= 0.3 is 5.82 Å². The fourth-order valence-electron chi connectivity index (χ4n) is 2.79. The summed E-state index contributed by atoms with van der Waals surface area (Å²) in [4.78, 5) is 14.2. The van der Waals surface area contributed by atoms with Gasteiger partial charge in [0.05, 0.1) is 5.41 Å². The number of halogens is 2. The van der Waals surface area contributed by atoms with Crippen LogP contribution in [0.2, 0.25) is 0 Å². The van der Waals surface area contributed by atoms with E-state index in [2.05, 4.69) is 4.98 Å². The Morgan fingerprint density at radius 2 is 1.95 bits per heavy atom. The summed E-state index contributed by atoms with van der Waals surface area (Å²) in [6.07, 6.45) is 0.0582. The number of hydrogen-bond acceptors (Lipinski definition) is 4. The van der Waals surface area contributed by atoms with E-state index in [4.69, 9.17) is 4.74 Å². The van der Waals surface area contributed by atoms with Gasteiger partial charge in [-0.3, -0.25) is 0 Å². The molecule has 19 heavy (non-hydrogen) atoms. The molecule has 2 aliphatic rings. The monoisotopic (exact) mass is 270 g/mol. The third-order valence-electron chi connectivity index (χ3n) is 3.98. The Morgan fingerprint density at radius 1 is 1.26 bits per heavy atom. The van der Waals surface area contributed by atoms with Crippen molar-refractivity contribution in [1.82, 2.24) is 4.98 Å². The van der Waals surface area contributed by atoms with Crippen molar-refractivity contribution in [1.29, 1.82) is 0 Å². The largest absolute Gasteiger partial charge is 0.488 e. The molecule has 1 fully saturated rings. The summed E-state index contributed by atoms with van der Waals surface area (Å²) in [5.74, 6) is -2.42. The number of nitro groups is 1. The Morgan fingerprint density at radius 3 is 2.58 bits per heavy atom. The Kier molecular flexibility index (Phi) is 2.48. The zero-order valence-electron chi connectivity index (χ0n) is 10.1. The van der Waals surface area contributed by atoms with Crippen molar-refractivity contribution in [2.75, 3.05) is 6.61 Å². The minimum atomic E-state index is -2.64. The minimum Gasteiger partial charge on any atom is -0.488 e. The topological polar surface area (TPSA) is 65.3 Å². The molecule has 2 heterocycles. The first kappa shape index (κ1) is 12.3. The average Bonchev–Trinajstić information content (AvgIpc) is 2.72. The molecule has 0 amide bonds. The zero-order valence-corrected chi connectivity index (χ0v) is 10.1. The zero-order chi connectivity index (χ0) is 13.7. The van der Waals surface area contributed by atoms with Gasteiger partial charge in [0.15, 0.2) is 5.75 Å². The van der Waals surface area contributed by atoms with Crippen LogP contribution in [0.5, 0.6) is 5.75 Å². The molecule has 1 aromatic heterocycles. The fraction of sp³-hybridized carbons (Fsp3) is 0.583. The highest BCUT2D eigenvalue weighted by atomic mass is 19.3. The number of nitrogens with zero attached hydrogens (tertiary/aromatic N) is 2. The lowest BCUT2D eigenvalue weighted by Crippen LogP contribution is -2.38. The molecule has 1 spiro atoms. The van der Waals surface area contributed by atoms with Crippen molar-refractivity contribution in [3.8, 4) is 5.75 Å². The number of rotatable bonds is 1. The van der Waals surface area contributed by atoms with Crippen LogP contribution in [0.1, 0.15) is 31.4 Å². The molecule has 0 bridgehead atoms. The Balaban J connectivity index is 1.97. The summed E-state index contributed by atoms with van der Waals surface area (Å²) < 4.78 is 32.0. The predicted molar refractivity (Wildman–Crippen MR) is 61.5 cm³/mol. The lowest BCUT2D eigenvalue weighted by molar-refractivity contribution is -0.389. The summed E-state index contributed by atoms with van der Waals surface area (Å²) in [5.41, 5.74) is -0.111. The van der Waals surface area contributed by atoms with Gasteiger partial charge in [0.2, 0.25) is 11.6 Å². The van der Waals surface area contributed by atoms with Crippen LogP contribution in [0.25, 0.3) is 0 Å². The summed E-state index contributed by atoms with van der Waals surface area (Å²) >= 11 is 0. The highest BCUT2D eigenvalue weighted by Gasteiger charge is 2.52. The van der Waals surface area contributed by atoms with E-state index in [0.29, 0.717) is 11.4 Å². The maximum absolute atomic E-state index is 13.3. The summed E-state index contributed by atoms with van der Waals surface area (Å²) in [6, 6.07) is 2.78. The first-order valence-electron chi connectivity index (χ1n) is 6.09. The molecule has 5 nitrogen and oxygen atoms in total. The second-order valence-corrected chi connectivity index (χ2v) is 5.20. The Hall–Kier alpha value is -1.79. The number of alkyl halides is 2. The number of hydrogen-bond donors (Lipinski definition) is 0. The van der Waals surface area contributed by atoms with Crippen molar-refractivity contribution < 1.29 is 18.4 Å². The SMILES string of the molecule is O=[N+]([O-])c1ccc2c(n1)C1(CCC(F)(F)CC1)CO2. The molecule has 102 valence electrons. The quantitative estimate of drug-likeness (QED) is 0.581. The molecule has 0 unspecified atom stereocenters. The maximum atomic E-state index is 13.3. The molecular formula is C12H12F2N2O3. The molecule has 1 aromatic rings. The molecule has 0 radical (unpaired) electrons. The first-order chi connectivity index (χ1) is 8.92. The highest BCUT2D eigenvalue weighted by Crippen LogP contribution is 2.50. The third kappa shape index (κ3) is 1.93. The van der Waals surface area contributed by atoms with Crippen LogP contribution in [0.4, 0.5) is 14.6 Å². The predicted octanol–water partition coefficient (Wildman–Crippen LogP) is 2.83. The van der Waals surface area contributed by atoms with Gasteiger partial charge in [-0.05, 0) is 28.8 Å². The molecule has 1 aliphatic carbocycles. The fourth-order valence-corrected chi connectivity index (χ4v) is 2.79. The number of aromatic nitrogens is 1. The van der Waals surface area contributed by atoms with Gasteiger partial charge in [0.1, 0.15) is 6.61 Å². The van der Waals surface area contributed by atoms with E-state index < -0.39 is 16.3 Å². The van der Waals surface area contributed by atoms with E-state index in [-0.39, 0.29) is 38.1 Å². The van der Waals surface area contributed by atoms with Gasteiger partial charge in [0.25, 0.3) is 0 Å². The van der Waals surface area contributed by atoms with Crippen LogP contribution in [0.3, 0.4) is 0 Å². The van der Waals surface area contributed by atoms with Crippen LogP contribution >= 0.6 is 0 Å². The van der Waals surface area contributed by atoms with E-state index >= 15 is 0 Å². The highest BCUT2D eigenvalue weighted by molar-refractivity contribution is 5.43. The number of fused-ring (bicyclic) bond motifs is 2. The summed E-state index contributed by atoms with van der Waals surface area (Å²) in [7, 11) is 0. The van der Waals surface area contributed by atoms with Crippen LogP contribution < -0.4 is 4.74 Å². The smallest absolute Gasteiger partial charge is 0.363 e. The van der Waals surface area contributed by atoms with Crippen LogP contribution in [-0.2, 0) is 5.41 Å². The van der Waals surface area contributed by atoms with Crippen LogP contribution in [-0.4, -0.2) is 22.4 Å². The van der Waals surface area contributed by atoms with E-state index in [1.165, 1.54) is 12.1 Å². The molecule has 0 atom stereocenters. The van der Waals surface area contributed by atoms with E-state index in [0.717, 1.165) is 0 Å². The molecule has 1 aliphatic heterocycles. The number of pyridine rings is 1. The molecule has 0 N–H and O–H groups in total. The Bertz CT molecular complexity index is 538. The summed E-state index contributed by atoms with van der Waals surface area (Å²) in [5, 5.41) is 10.8. The molecule has 1 saturated carbocycles. The molecular weight excluding hydrogens is 258 g/mol. The first-order valence-corrected chi connectivity index (χ1v) is 6.09. The van der Waals surface area contributed by atoms with Crippen molar-refractivity contribution in [2.24, 2.45) is 0 Å². The average molecular weight is 270 g/mol. The lowest BCUT2D eigenvalue weighted by atomic mass is 9.72. The van der Waals surface area contributed by atoms with Gasteiger partial charge in [-0.2, -0.15) is 0 Å². The van der Waals surface area contributed by atoms with Crippen molar-refractivity contribution >= 4 is 5.82 Å². The van der Waals surface area contributed by atoms with Gasteiger partial charge in [-0.15, -0.1) is 0 Å². The van der Waals surface area contributed by atoms with E-state index in [1.54, 1.807) is 0 Å². The standard InChI is InChI=1S/C12H12F2N2O3/c13-12(14)5-3-11(4-6-12)7-19-8-1-2-9(16(17)18)15-10(8)11/h1-2H,3-7H2. The third-order valence-corrected chi connectivity index (χ3v) is 3.98. The minimum absolute atomic E-state index is 0.222.